The number of amides is 2. The van der Waals surface area contributed by atoms with Gasteiger partial charge in [0.25, 0.3) is 0 Å². The first-order valence-corrected chi connectivity index (χ1v) is 7.95. The largest absolute Gasteiger partial charge is 0.379 e. The van der Waals surface area contributed by atoms with E-state index in [9.17, 15) is 9.59 Å². The van der Waals surface area contributed by atoms with Gasteiger partial charge in [-0.1, -0.05) is 18.2 Å². The van der Waals surface area contributed by atoms with Crippen molar-refractivity contribution in [2.45, 2.75) is 6.92 Å². The summed E-state index contributed by atoms with van der Waals surface area (Å²) in [6, 6.07) is 9.44. The zero-order valence-corrected chi connectivity index (χ0v) is 13.9. The number of nitrogens with zero attached hydrogens (tertiary/aromatic N) is 3. The quantitative estimate of drug-likeness (QED) is 0.779. The van der Waals surface area contributed by atoms with Crippen LogP contribution >= 0.6 is 0 Å². The summed E-state index contributed by atoms with van der Waals surface area (Å²) in [7, 11) is 1.73. The van der Waals surface area contributed by atoms with E-state index in [4.69, 9.17) is 4.74 Å². The number of anilines is 1. The van der Waals surface area contributed by atoms with Crippen LogP contribution in [-0.2, 0) is 14.3 Å². The molecule has 0 spiro atoms. The van der Waals surface area contributed by atoms with E-state index in [-0.39, 0.29) is 18.4 Å². The summed E-state index contributed by atoms with van der Waals surface area (Å²) in [5.41, 5.74) is 0.828. The molecule has 0 atom stereocenters. The van der Waals surface area contributed by atoms with E-state index < -0.39 is 0 Å². The van der Waals surface area contributed by atoms with Crippen LogP contribution < -0.4 is 4.90 Å². The van der Waals surface area contributed by atoms with Crippen molar-refractivity contribution >= 4 is 17.5 Å². The van der Waals surface area contributed by atoms with Gasteiger partial charge in [-0.25, -0.2) is 0 Å². The highest BCUT2D eigenvalue weighted by molar-refractivity contribution is 5.95. The Kier molecular flexibility index (Phi) is 6.55. The highest BCUT2D eigenvalue weighted by Gasteiger charge is 2.19. The van der Waals surface area contributed by atoms with Gasteiger partial charge >= 0.3 is 0 Å². The van der Waals surface area contributed by atoms with Crippen LogP contribution in [0.4, 0.5) is 5.69 Å². The van der Waals surface area contributed by atoms with E-state index in [1.165, 1.54) is 6.92 Å². The third-order valence-electron chi connectivity index (χ3n) is 4.08. The summed E-state index contributed by atoms with van der Waals surface area (Å²) in [5.74, 6) is -0.165. The third kappa shape index (κ3) is 5.33. The van der Waals surface area contributed by atoms with Crippen molar-refractivity contribution in [1.29, 1.82) is 0 Å². The smallest absolute Gasteiger partial charge is 0.246 e. The molecule has 1 aliphatic heterocycles. The van der Waals surface area contributed by atoms with Gasteiger partial charge in [-0.2, -0.15) is 0 Å². The van der Waals surface area contributed by atoms with Crippen LogP contribution in [0.15, 0.2) is 30.3 Å². The lowest BCUT2D eigenvalue weighted by Gasteiger charge is -2.30. The molecule has 2 rings (SSSR count). The summed E-state index contributed by atoms with van der Waals surface area (Å²) in [6.07, 6.45) is 0. The van der Waals surface area contributed by atoms with Gasteiger partial charge in [0.15, 0.2) is 0 Å². The number of hydrogen-bond donors (Lipinski definition) is 0. The number of hydrogen-bond acceptors (Lipinski definition) is 4. The molecule has 1 aromatic rings. The monoisotopic (exact) mass is 319 g/mol. The van der Waals surface area contributed by atoms with Crippen molar-refractivity contribution in [1.82, 2.24) is 9.80 Å². The van der Waals surface area contributed by atoms with Crippen molar-refractivity contribution in [3.05, 3.63) is 30.3 Å². The number of rotatable bonds is 6. The Hall–Kier alpha value is -1.92. The maximum absolute atomic E-state index is 12.4. The number of morpholine rings is 1. The Morgan fingerprint density at radius 1 is 1.17 bits per heavy atom. The molecule has 1 aromatic carbocycles. The summed E-state index contributed by atoms with van der Waals surface area (Å²) in [5, 5.41) is 0. The minimum atomic E-state index is -0.0895. The lowest BCUT2D eigenvalue weighted by Crippen LogP contribution is -2.46. The van der Waals surface area contributed by atoms with Gasteiger partial charge in [-0.05, 0) is 12.1 Å². The van der Waals surface area contributed by atoms with Gasteiger partial charge in [-0.15, -0.1) is 0 Å². The molecule has 0 N–H and O–H groups in total. The van der Waals surface area contributed by atoms with Crippen LogP contribution in [0.5, 0.6) is 0 Å². The minimum absolute atomic E-state index is 0.0759. The second-order valence-corrected chi connectivity index (χ2v) is 5.68. The molecular formula is C17H25N3O3. The van der Waals surface area contributed by atoms with Crippen LogP contribution in [0.3, 0.4) is 0 Å². The van der Waals surface area contributed by atoms with Crippen molar-refractivity contribution < 1.29 is 14.3 Å². The molecule has 1 heterocycles. The fraction of sp³-hybridized carbons (Fsp3) is 0.529. The van der Waals surface area contributed by atoms with E-state index in [1.54, 1.807) is 16.8 Å². The number of para-hydroxylation sites is 1. The molecular weight excluding hydrogens is 294 g/mol. The first-order chi connectivity index (χ1) is 11.1. The van der Waals surface area contributed by atoms with Crippen molar-refractivity contribution in [2.75, 3.05) is 57.9 Å². The molecule has 1 saturated heterocycles. The molecule has 0 aromatic heterocycles. The zero-order valence-electron chi connectivity index (χ0n) is 13.9. The van der Waals surface area contributed by atoms with E-state index in [2.05, 4.69) is 4.90 Å². The molecule has 6 heteroatoms. The summed E-state index contributed by atoms with van der Waals surface area (Å²) in [4.78, 5) is 29.7. The number of benzene rings is 1. The molecule has 0 aliphatic carbocycles. The van der Waals surface area contributed by atoms with Crippen molar-refractivity contribution in [3.63, 3.8) is 0 Å². The van der Waals surface area contributed by atoms with Crippen LogP contribution in [0.2, 0.25) is 0 Å². The Labute approximate surface area is 137 Å². The zero-order chi connectivity index (χ0) is 16.7. The molecule has 23 heavy (non-hydrogen) atoms. The minimum Gasteiger partial charge on any atom is -0.379 e. The second-order valence-electron chi connectivity index (χ2n) is 5.68. The maximum atomic E-state index is 12.4. The summed E-state index contributed by atoms with van der Waals surface area (Å²) >= 11 is 0. The second kappa shape index (κ2) is 8.64. The van der Waals surface area contributed by atoms with E-state index in [0.717, 1.165) is 38.5 Å². The summed E-state index contributed by atoms with van der Waals surface area (Å²) < 4.78 is 5.32. The fourth-order valence-corrected chi connectivity index (χ4v) is 2.50. The van der Waals surface area contributed by atoms with E-state index in [1.807, 2.05) is 30.3 Å². The van der Waals surface area contributed by atoms with Crippen LogP contribution in [-0.4, -0.2) is 74.6 Å². The summed E-state index contributed by atoms with van der Waals surface area (Å²) in [6.45, 7) is 6.16. The molecule has 0 saturated carbocycles. The number of ether oxygens (including phenoxy) is 1. The van der Waals surface area contributed by atoms with Gasteiger partial charge in [-0.3, -0.25) is 14.5 Å². The number of carbonyl (C=O) groups excluding carboxylic acids is 2. The molecule has 1 fully saturated rings. The SMILES string of the molecule is CC(=O)N(CCN1CCOCC1)CC(=O)N(C)c1ccccc1. The predicted molar refractivity (Wildman–Crippen MR) is 89.4 cm³/mol. The van der Waals surface area contributed by atoms with Crippen LogP contribution in [0.1, 0.15) is 6.92 Å². The van der Waals surface area contributed by atoms with Gasteiger partial charge in [0.05, 0.1) is 13.2 Å². The highest BCUT2D eigenvalue weighted by Crippen LogP contribution is 2.11. The number of carbonyl (C=O) groups is 2. The van der Waals surface area contributed by atoms with Crippen molar-refractivity contribution in [2.24, 2.45) is 0 Å². The normalized spacial score (nSPS) is 15.2. The maximum Gasteiger partial charge on any atom is 0.246 e. The first kappa shape index (κ1) is 17.4. The lowest BCUT2D eigenvalue weighted by atomic mass is 10.3. The van der Waals surface area contributed by atoms with Gasteiger partial charge in [0.2, 0.25) is 11.8 Å². The standard InChI is InChI=1S/C17H25N3O3/c1-15(21)20(9-8-19-10-12-23-13-11-19)14-17(22)18(2)16-6-4-3-5-7-16/h3-7H,8-14H2,1-2H3. The Bertz CT molecular complexity index is 515. The Morgan fingerprint density at radius 2 is 1.83 bits per heavy atom. The van der Waals surface area contributed by atoms with E-state index >= 15 is 0 Å². The van der Waals surface area contributed by atoms with Gasteiger partial charge in [0, 0.05) is 45.8 Å². The topological polar surface area (TPSA) is 53.1 Å². The fourth-order valence-electron chi connectivity index (χ4n) is 2.50. The molecule has 0 radical (unpaired) electrons. The molecule has 0 bridgehead atoms. The highest BCUT2D eigenvalue weighted by atomic mass is 16.5. The van der Waals surface area contributed by atoms with E-state index in [0.29, 0.717) is 6.54 Å². The van der Waals surface area contributed by atoms with Gasteiger partial charge in [0.1, 0.15) is 6.54 Å². The average molecular weight is 319 g/mol. The first-order valence-electron chi connectivity index (χ1n) is 7.95. The van der Waals surface area contributed by atoms with Crippen molar-refractivity contribution in [3.8, 4) is 0 Å². The lowest BCUT2D eigenvalue weighted by molar-refractivity contribution is -0.133. The molecule has 2 amide bonds. The van der Waals surface area contributed by atoms with Crippen LogP contribution in [0, 0.1) is 0 Å². The average Bonchev–Trinajstić information content (AvgIpc) is 2.59. The predicted octanol–water partition coefficient (Wildman–Crippen LogP) is 0.830. The molecule has 126 valence electrons. The van der Waals surface area contributed by atoms with Crippen LogP contribution in [0.25, 0.3) is 0 Å². The van der Waals surface area contributed by atoms with Gasteiger partial charge < -0.3 is 14.5 Å². The number of likely N-dealkylation sites (N-methyl/N-ethyl adjacent to an activating group) is 1. The molecule has 6 nitrogen and oxygen atoms in total. The Balaban J connectivity index is 1.87. The molecule has 1 aliphatic rings. The third-order valence-corrected chi connectivity index (χ3v) is 4.08. The molecule has 0 unspecified atom stereocenters. The Morgan fingerprint density at radius 3 is 2.43 bits per heavy atom.